The first-order chi connectivity index (χ1) is 6.64. The zero-order chi connectivity index (χ0) is 10.4. The average molecular weight is 221 g/mol. The number of rotatable bonds is 5. The summed E-state index contributed by atoms with van der Waals surface area (Å²) in [5.41, 5.74) is 0. The second-order valence-corrected chi connectivity index (χ2v) is 6.08. The molecule has 84 valence electrons. The largest absolute Gasteiger partial charge is 0.380 e. The predicted molar refractivity (Wildman–Crippen MR) is 56.2 cm³/mol. The van der Waals surface area contributed by atoms with Gasteiger partial charge in [-0.1, -0.05) is 6.92 Å². The van der Waals surface area contributed by atoms with Crippen molar-refractivity contribution >= 4 is 9.84 Å². The Morgan fingerprint density at radius 3 is 2.86 bits per heavy atom. The van der Waals surface area contributed by atoms with Gasteiger partial charge in [0.25, 0.3) is 0 Å². The Labute approximate surface area is 85.9 Å². The van der Waals surface area contributed by atoms with Crippen LogP contribution in [0.25, 0.3) is 0 Å². The molecule has 0 aromatic rings. The van der Waals surface area contributed by atoms with Crippen molar-refractivity contribution in [1.82, 2.24) is 5.32 Å². The van der Waals surface area contributed by atoms with Gasteiger partial charge in [-0.25, -0.2) is 8.42 Å². The minimum Gasteiger partial charge on any atom is -0.380 e. The number of sulfone groups is 1. The van der Waals surface area contributed by atoms with Crippen LogP contribution in [0.15, 0.2) is 0 Å². The molecule has 5 heteroatoms. The van der Waals surface area contributed by atoms with Crippen molar-refractivity contribution in [2.24, 2.45) is 0 Å². The van der Waals surface area contributed by atoms with Gasteiger partial charge in [0.2, 0.25) is 0 Å². The van der Waals surface area contributed by atoms with Crippen LogP contribution < -0.4 is 5.32 Å². The fourth-order valence-corrected chi connectivity index (χ4v) is 2.18. The van der Waals surface area contributed by atoms with E-state index in [0.29, 0.717) is 19.2 Å². The Kier molecular flexibility index (Phi) is 4.84. The van der Waals surface area contributed by atoms with E-state index in [9.17, 15) is 8.42 Å². The van der Waals surface area contributed by atoms with Gasteiger partial charge in [-0.05, 0) is 12.8 Å². The molecule has 0 aliphatic carbocycles. The third kappa shape index (κ3) is 4.39. The lowest BCUT2D eigenvalue weighted by molar-refractivity contribution is 0.0712. The van der Waals surface area contributed by atoms with Gasteiger partial charge in [0.05, 0.1) is 12.4 Å². The van der Waals surface area contributed by atoms with Gasteiger partial charge >= 0.3 is 0 Å². The molecule has 1 N–H and O–H groups in total. The first-order valence-electron chi connectivity index (χ1n) is 5.15. The van der Waals surface area contributed by atoms with Crippen LogP contribution in [-0.4, -0.2) is 45.7 Å². The molecule has 1 heterocycles. The minimum absolute atomic E-state index is 0.232. The Hall–Kier alpha value is -0.130. The molecule has 0 aromatic carbocycles. The summed E-state index contributed by atoms with van der Waals surface area (Å²) in [5, 5.41) is 3.21. The topological polar surface area (TPSA) is 55.4 Å². The van der Waals surface area contributed by atoms with E-state index in [4.69, 9.17) is 4.74 Å². The van der Waals surface area contributed by atoms with Crippen LogP contribution in [0, 0.1) is 0 Å². The predicted octanol–water partition coefficient (Wildman–Crippen LogP) is 0.190. The van der Waals surface area contributed by atoms with Crippen LogP contribution in [0.1, 0.15) is 19.8 Å². The standard InChI is InChI=1S/C9H19NO3S/c1-2-14(11,12)7-5-10-9-4-3-6-13-8-9/h9-10H,2-8H2,1H3. The van der Waals surface area contributed by atoms with Gasteiger partial charge in [-0.15, -0.1) is 0 Å². The fourth-order valence-electron chi connectivity index (χ4n) is 1.46. The maximum absolute atomic E-state index is 11.2. The van der Waals surface area contributed by atoms with Gasteiger partial charge in [0.1, 0.15) is 0 Å². The number of ether oxygens (including phenoxy) is 1. The van der Waals surface area contributed by atoms with E-state index in [1.165, 1.54) is 0 Å². The summed E-state index contributed by atoms with van der Waals surface area (Å²) in [5.74, 6) is 0.468. The van der Waals surface area contributed by atoms with Crippen LogP contribution >= 0.6 is 0 Å². The fraction of sp³-hybridized carbons (Fsp3) is 1.00. The average Bonchev–Trinajstić information content (AvgIpc) is 2.19. The van der Waals surface area contributed by atoms with Crippen LogP contribution in [0.3, 0.4) is 0 Å². The van der Waals surface area contributed by atoms with Crippen molar-refractivity contribution < 1.29 is 13.2 Å². The quantitative estimate of drug-likeness (QED) is 0.720. The van der Waals surface area contributed by atoms with Crippen LogP contribution in [0.4, 0.5) is 0 Å². The Balaban J connectivity index is 2.14. The van der Waals surface area contributed by atoms with Crippen molar-refractivity contribution in [3.05, 3.63) is 0 Å². The van der Waals surface area contributed by atoms with E-state index in [1.54, 1.807) is 6.92 Å². The lowest BCUT2D eigenvalue weighted by atomic mass is 10.1. The number of hydrogen-bond donors (Lipinski definition) is 1. The lowest BCUT2D eigenvalue weighted by Crippen LogP contribution is -2.39. The van der Waals surface area contributed by atoms with Gasteiger partial charge in [-0.2, -0.15) is 0 Å². The maximum Gasteiger partial charge on any atom is 0.151 e. The van der Waals surface area contributed by atoms with Crippen LogP contribution in [0.5, 0.6) is 0 Å². The molecule has 0 spiro atoms. The Bertz CT molecular complexity index is 245. The Morgan fingerprint density at radius 2 is 2.29 bits per heavy atom. The van der Waals surface area contributed by atoms with E-state index in [2.05, 4.69) is 5.32 Å². The van der Waals surface area contributed by atoms with E-state index in [1.807, 2.05) is 0 Å². The highest BCUT2D eigenvalue weighted by Crippen LogP contribution is 2.05. The molecule has 0 amide bonds. The van der Waals surface area contributed by atoms with Crippen molar-refractivity contribution in [2.75, 3.05) is 31.3 Å². The minimum atomic E-state index is -2.82. The molecule has 1 aliphatic heterocycles. The summed E-state index contributed by atoms with van der Waals surface area (Å²) in [4.78, 5) is 0. The molecule has 1 atom stereocenters. The van der Waals surface area contributed by atoms with E-state index in [-0.39, 0.29) is 11.5 Å². The number of nitrogens with one attached hydrogen (secondary N) is 1. The van der Waals surface area contributed by atoms with Crippen molar-refractivity contribution in [3.8, 4) is 0 Å². The molecule has 4 nitrogen and oxygen atoms in total. The highest BCUT2D eigenvalue weighted by molar-refractivity contribution is 7.91. The Morgan fingerprint density at radius 1 is 1.50 bits per heavy atom. The van der Waals surface area contributed by atoms with Gasteiger partial charge < -0.3 is 10.1 Å². The molecule has 1 aliphatic rings. The molecule has 0 radical (unpaired) electrons. The van der Waals surface area contributed by atoms with Gasteiger partial charge in [-0.3, -0.25) is 0 Å². The molecule has 1 saturated heterocycles. The summed E-state index contributed by atoms with van der Waals surface area (Å²) in [6, 6.07) is 0.343. The second-order valence-electron chi connectivity index (χ2n) is 3.60. The summed E-state index contributed by atoms with van der Waals surface area (Å²) in [7, 11) is -2.82. The smallest absolute Gasteiger partial charge is 0.151 e. The first kappa shape index (κ1) is 11.9. The monoisotopic (exact) mass is 221 g/mol. The van der Waals surface area contributed by atoms with Gasteiger partial charge in [0, 0.05) is 24.9 Å². The molecule has 0 bridgehead atoms. The highest BCUT2D eigenvalue weighted by Gasteiger charge is 2.14. The van der Waals surface area contributed by atoms with Crippen molar-refractivity contribution in [2.45, 2.75) is 25.8 Å². The normalized spacial score (nSPS) is 23.6. The third-order valence-corrected chi connectivity index (χ3v) is 4.15. The zero-order valence-corrected chi connectivity index (χ0v) is 9.48. The molecular weight excluding hydrogens is 202 g/mol. The van der Waals surface area contributed by atoms with E-state index < -0.39 is 9.84 Å². The SMILES string of the molecule is CCS(=O)(=O)CCNC1CCCOC1. The molecule has 0 saturated carbocycles. The van der Waals surface area contributed by atoms with Crippen LogP contribution in [-0.2, 0) is 14.6 Å². The van der Waals surface area contributed by atoms with Crippen molar-refractivity contribution in [3.63, 3.8) is 0 Å². The van der Waals surface area contributed by atoms with Crippen LogP contribution in [0.2, 0.25) is 0 Å². The number of hydrogen-bond acceptors (Lipinski definition) is 4. The summed E-state index contributed by atoms with van der Waals surface area (Å²) in [6.45, 7) is 3.78. The maximum atomic E-state index is 11.2. The molecule has 1 rings (SSSR count). The zero-order valence-electron chi connectivity index (χ0n) is 8.66. The first-order valence-corrected chi connectivity index (χ1v) is 6.98. The van der Waals surface area contributed by atoms with E-state index in [0.717, 1.165) is 19.4 Å². The van der Waals surface area contributed by atoms with E-state index >= 15 is 0 Å². The summed E-state index contributed by atoms with van der Waals surface area (Å²) < 4.78 is 27.6. The highest BCUT2D eigenvalue weighted by atomic mass is 32.2. The van der Waals surface area contributed by atoms with Crippen molar-refractivity contribution in [1.29, 1.82) is 0 Å². The molecule has 0 aromatic heterocycles. The third-order valence-electron chi connectivity index (χ3n) is 2.45. The molecular formula is C9H19NO3S. The lowest BCUT2D eigenvalue weighted by Gasteiger charge is -2.23. The molecule has 1 unspecified atom stereocenters. The molecule has 1 fully saturated rings. The second kappa shape index (κ2) is 5.68. The van der Waals surface area contributed by atoms with Gasteiger partial charge in [0.15, 0.2) is 9.84 Å². The molecule has 14 heavy (non-hydrogen) atoms. The summed E-state index contributed by atoms with van der Waals surface area (Å²) in [6.07, 6.45) is 2.16. The summed E-state index contributed by atoms with van der Waals surface area (Å²) >= 11 is 0.